The molecule has 9 heteroatoms. The van der Waals surface area contributed by atoms with Gasteiger partial charge < -0.3 is 30.5 Å². The van der Waals surface area contributed by atoms with Crippen LogP contribution in [0.3, 0.4) is 0 Å². The number of nitrogens with zero attached hydrogens (tertiary/aromatic N) is 2. The summed E-state index contributed by atoms with van der Waals surface area (Å²) in [5, 5.41) is 10.3. The molecule has 3 amide bonds. The van der Waals surface area contributed by atoms with Crippen LogP contribution in [-0.4, -0.2) is 43.0 Å². The third kappa shape index (κ3) is 8.03. The number of ether oxygens (including phenoxy) is 1. The van der Waals surface area contributed by atoms with Crippen molar-refractivity contribution in [2.45, 2.75) is 84.0 Å². The van der Waals surface area contributed by atoms with Crippen molar-refractivity contribution in [1.82, 2.24) is 5.32 Å². The summed E-state index contributed by atoms with van der Waals surface area (Å²) in [6.45, 7) is 8.99. The van der Waals surface area contributed by atoms with E-state index in [-0.39, 0.29) is 41.9 Å². The Morgan fingerprint density at radius 1 is 0.667 bits per heavy atom. The predicted molar refractivity (Wildman–Crippen MR) is 205 cm³/mol. The summed E-state index contributed by atoms with van der Waals surface area (Å²) in [6.07, 6.45) is 3.25. The molecule has 2 aliphatic rings. The summed E-state index contributed by atoms with van der Waals surface area (Å²) in [6, 6.07) is 32.0. The molecule has 2 aliphatic heterocycles. The standard InChI is InChI=1S/C42H49N5O4/c1-5-40(48)46-28(3)26-36(34-12-7-9-14-38(34)46)44-31-18-16-30(17-19-31)42(50)43-24-11-25-51-33-22-20-32(21-23-33)45-37-27-29(4)47(41(49)6-2)39-15-10-8-13-35(37)39/h7-10,12-23,28-29,36-37,44-45H,5-6,11,24-27H2,1-4H3,(H,43,50)/t28-,29-,36+,37+/m0/s1. The second-order valence-corrected chi connectivity index (χ2v) is 13.5. The van der Waals surface area contributed by atoms with E-state index in [0.29, 0.717) is 38.0 Å². The Labute approximate surface area is 301 Å². The highest BCUT2D eigenvalue weighted by Crippen LogP contribution is 2.40. The minimum atomic E-state index is -0.122. The molecule has 0 saturated heterocycles. The number of hydrogen-bond donors (Lipinski definition) is 3. The van der Waals surface area contributed by atoms with Gasteiger partial charge in [0.1, 0.15) is 5.75 Å². The normalized spacial score (nSPS) is 19.4. The van der Waals surface area contributed by atoms with Gasteiger partial charge in [-0.15, -0.1) is 0 Å². The Hall–Kier alpha value is -5.31. The molecule has 0 spiro atoms. The molecule has 0 unspecified atom stereocenters. The van der Waals surface area contributed by atoms with Gasteiger partial charge in [0.2, 0.25) is 11.8 Å². The van der Waals surface area contributed by atoms with Crippen LogP contribution in [0.15, 0.2) is 97.1 Å². The van der Waals surface area contributed by atoms with Crippen molar-refractivity contribution < 1.29 is 19.1 Å². The molecule has 51 heavy (non-hydrogen) atoms. The maximum atomic E-state index is 12.8. The number of carbonyl (C=O) groups excluding carboxylic acids is 3. The molecule has 4 aromatic carbocycles. The van der Waals surface area contributed by atoms with Gasteiger partial charge in [-0.25, -0.2) is 0 Å². The number of anilines is 4. The van der Waals surface area contributed by atoms with Gasteiger partial charge in [0.25, 0.3) is 5.91 Å². The average molecular weight is 688 g/mol. The Bertz CT molecular complexity index is 1830. The van der Waals surface area contributed by atoms with E-state index < -0.39 is 0 Å². The molecular formula is C42H49N5O4. The molecule has 266 valence electrons. The lowest BCUT2D eigenvalue weighted by Gasteiger charge is -2.40. The summed E-state index contributed by atoms with van der Waals surface area (Å²) in [7, 11) is 0. The zero-order valence-electron chi connectivity index (χ0n) is 30.0. The second-order valence-electron chi connectivity index (χ2n) is 13.5. The van der Waals surface area contributed by atoms with Crippen LogP contribution in [0.4, 0.5) is 22.7 Å². The first kappa shape index (κ1) is 35.5. The van der Waals surface area contributed by atoms with Gasteiger partial charge in [0.05, 0.1) is 18.7 Å². The van der Waals surface area contributed by atoms with Gasteiger partial charge in [0.15, 0.2) is 0 Å². The van der Waals surface area contributed by atoms with Crippen molar-refractivity contribution in [2.75, 3.05) is 33.6 Å². The lowest BCUT2D eigenvalue weighted by molar-refractivity contribution is -0.119. The fraction of sp³-hybridized carbons (Fsp3) is 0.357. The highest BCUT2D eigenvalue weighted by atomic mass is 16.5. The van der Waals surface area contributed by atoms with Crippen LogP contribution in [-0.2, 0) is 9.59 Å². The Morgan fingerprint density at radius 2 is 1.14 bits per heavy atom. The lowest BCUT2D eigenvalue weighted by atomic mass is 9.91. The number of hydrogen-bond acceptors (Lipinski definition) is 6. The van der Waals surface area contributed by atoms with Crippen LogP contribution >= 0.6 is 0 Å². The molecule has 0 fully saturated rings. The summed E-state index contributed by atoms with van der Waals surface area (Å²) < 4.78 is 5.96. The number of carbonyl (C=O) groups is 3. The highest BCUT2D eigenvalue weighted by Gasteiger charge is 2.34. The molecule has 4 aromatic rings. The number of benzene rings is 4. The molecule has 6 rings (SSSR count). The monoisotopic (exact) mass is 687 g/mol. The first-order valence-electron chi connectivity index (χ1n) is 18.2. The minimum absolute atomic E-state index is 0.0623. The average Bonchev–Trinajstić information content (AvgIpc) is 3.15. The van der Waals surface area contributed by atoms with Crippen molar-refractivity contribution in [2.24, 2.45) is 0 Å². The highest BCUT2D eigenvalue weighted by molar-refractivity contribution is 5.96. The number of rotatable bonds is 12. The molecule has 4 atom stereocenters. The van der Waals surface area contributed by atoms with Gasteiger partial charge in [-0.2, -0.15) is 0 Å². The van der Waals surface area contributed by atoms with Gasteiger partial charge >= 0.3 is 0 Å². The molecule has 0 radical (unpaired) electrons. The zero-order valence-corrected chi connectivity index (χ0v) is 30.0. The summed E-state index contributed by atoms with van der Waals surface area (Å²) >= 11 is 0. The van der Waals surface area contributed by atoms with E-state index in [1.54, 1.807) is 0 Å². The van der Waals surface area contributed by atoms with Gasteiger partial charge in [-0.3, -0.25) is 14.4 Å². The van der Waals surface area contributed by atoms with Crippen LogP contribution in [0.5, 0.6) is 5.75 Å². The van der Waals surface area contributed by atoms with E-state index in [2.05, 4.69) is 41.9 Å². The van der Waals surface area contributed by atoms with Gasteiger partial charge in [-0.05, 0) is 105 Å². The van der Waals surface area contributed by atoms with Gasteiger partial charge in [0, 0.05) is 59.8 Å². The van der Waals surface area contributed by atoms with Crippen LogP contribution in [0.1, 0.15) is 93.4 Å². The maximum Gasteiger partial charge on any atom is 0.251 e. The van der Waals surface area contributed by atoms with Crippen molar-refractivity contribution in [1.29, 1.82) is 0 Å². The van der Waals surface area contributed by atoms with Crippen molar-refractivity contribution in [3.63, 3.8) is 0 Å². The predicted octanol–water partition coefficient (Wildman–Crippen LogP) is 8.26. The first-order valence-corrected chi connectivity index (χ1v) is 18.2. The van der Waals surface area contributed by atoms with Crippen LogP contribution < -0.4 is 30.5 Å². The van der Waals surface area contributed by atoms with Crippen LogP contribution in [0, 0.1) is 0 Å². The van der Waals surface area contributed by atoms with Crippen molar-refractivity contribution in [3.8, 4) is 5.75 Å². The minimum Gasteiger partial charge on any atom is -0.494 e. The summed E-state index contributed by atoms with van der Waals surface area (Å²) in [5.74, 6) is 0.928. The number of para-hydroxylation sites is 2. The summed E-state index contributed by atoms with van der Waals surface area (Å²) in [5.41, 5.74) is 6.70. The van der Waals surface area contributed by atoms with Crippen LogP contribution in [0.25, 0.3) is 0 Å². The molecule has 0 aliphatic carbocycles. The molecule has 2 heterocycles. The van der Waals surface area contributed by atoms with Gasteiger partial charge in [-0.1, -0.05) is 50.2 Å². The van der Waals surface area contributed by atoms with E-state index in [9.17, 15) is 14.4 Å². The number of nitrogens with one attached hydrogen (secondary N) is 3. The fourth-order valence-electron chi connectivity index (χ4n) is 7.33. The topological polar surface area (TPSA) is 103 Å². The molecule has 3 N–H and O–H groups in total. The van der Waals surface area contributed by atoms with E-state index in [1.807, 2.05) is 109 Å². The molecule has 0 aromatic heterocycles. The number of amides is 3. The summed E-state index contributed by atoms with van der Waals surface area (Å²) in [4.78, 5) is 42.0. The molecule has 0 bridgehead atoms. The smallest absolute Gasteiger partial charge is 0.251 e. The molecular weight excluding hydrogens is 638 g/mol. The van der Waals surface area contributed by atoms with Crippen molar-refractivity contribution >= 4 is 40.5 Å². The molecule has 9 nitrogen and oxygen atoms in total. The van der Waals surface area contributed by atoms with Crippen LogP contribution in [0.2, 0.25) is 0 Å². The van der Waals surface area contributed by atoms with E-state index in [4.69, 9.17) is 4.74 Å². The van der Waals surface area contributed by atoms with E-state index >= 15 is 0 Å². The number of fused-ring (bicyclic) bond motifs is 2. The fourth-order valence-corrected chi connectivity index (χ4v) is 7.33. The second kappa shape index (κ2) is 16.1. The third-order valence-electron chi connectivity index (χ3n) is 9.88. The van der Waals surface area contributed by atoms with E-state index in [1.165, 1.54) is 0 Å². The maximum absolute atomic E-state index is 12.8. The Kier molecular flexibility index (Phi) is 11.2. The zero-order chi connectivity index (χ0) is 35.9. The first-order chi connectivity index (χ1) is 24.8. The Balaban J connectivity index is 0.948. The SMILES string of the molecule is CCC(=O)N1c2ccccc2[C@H](Nc2ccc(OCCCNC(=O)c3ccc(N[C@@H]4C[C@H](C)N(C(=O)CC)c5ccccc54)cc3)cc2)C[C@@H]1C. The van der Waals surface area contributed by atoms with Crippen molar-refractivity contribution in [3.05, 3.63) is 114 Å². The third-order valence-corrected chi connectivity index (χ3v) is 9.88. The quantitative estimate of drug-likeness (QED) is 0.130. The lowest BCUT2D eigenvalue weighted by Crippen LogP contribution is -2.44. The molecule has 0 saturated carbocycles. The van der Waals surface area contributed by atoms with E-state index in [0.717, 1.165) is 52.5 Å². The Morgan fingerprint density at radius 3 is 1.63 bits per heavy atom. The largest absolute Gasteiger partial charge is 0.494 e.